The van der Waals surface area contributed by atoms with Crippen LogP contribution < -0.4 is 5.73 Å². The van der Waals surface area contributed by atoms with E-state index in [4.69, 9.17) is 26.2 Å². The summed E-state index contributed by atoms with van der Waals surface area (Å²) in [5.74, 6) is 0. The van der Waals surface area contributed by atoms with Crippen LogP contribution in [0.1, 0.15) is 0 Å². The summed E-state index contributed by atoms with van der Waals surface area (Å²) in [4.78, 5) is 0. The molecule has 0 fully saturated rings. The molecule has 0 amide bonds. The average molecular weight is 188 g/mol. The normalized spacial score (nSPS) is 18.3. The first-order valence-corrected chi connectivity index (χ1v) is 2.98. The van der Waals surface area contributed by atoms with Crippen LogP contribution in [0.15, 0.2) is 0 Å². The lowest BCUT2D eigenvalue weighted by Gasteiger charge is -2.19. The second-order valence-electron chi connectivity index (χ2n) is 2.04. The SMILES string of the molecule is Cl.NCC(O)C(O)C(O)CO. The molecule has 6 N–H and O–H groups in total. The molecule has 0 aromatic heterocycles. The van der Waals surface area contributed by atoms with Gasteiger partial charge in [0.1, 0.15) is 12.2 Å². The topological polar surface area (TPSA) is 107 Å². The van der Waals surface area contributed by atoms with Crippen LogP contribution in [0.3, 0.4) is 0 Å². The monoisotopic (exact) mass is 187 g/mol. The summed E-state index contributed by atoms with van der Waals surface area (Å²) in [5, 5.41) is 34.6. The molecule has 0 aromatic rings. The Labute approximate surface area is 70.9 Å². The first-order valence-electron chi connectivity index (χ1n) is 2.98. The average Bonchev–Trinajstić information content (AvgIpc) is 2.00. The molecule has 0 aliphatic carbocycles. The fraction of sp³-hybridized carbons (Fsp3) is 1.00. The first kappa shape index (κ1) is 13.7. The Morgan fingerprint density at radius 1 is 1.09 bits per heavy atom. The minimum atomic E-state index is -1.37. The molecule has 0 saturated heterocycles. The summed E-state index contributed by atoms with van der Waals surface area (Å²) >= 11 is 0. The van der Waals surface area contributed by atoms with Crippen molar-refractivity contribution >= 4 is 12.4 Å². The van der Waals surface area contributed by atoms with Gasteiger partial charge in [0.15, 0.2) is 0 Å². The minimum Gasteiger partial charge on any atom is -0.394 e. The third-order valence-electron chi connectivity index (χ3n) is 1.22. The predicted molar refractivity (Wildman–Crippen MR) is 41.4 cm³/mol. The molecule has 0 saturated carbocycles. The highest BCUT2D eigenvalue weighted by molar-refractivity contribution is 5.85. The number of rotatable bonds is 4. The van der Waals surface area contributed by atoms with Gasteiger partial charge in [-0.05, 0) is 0 Å². The van der Waals surface area contributed by atoms with Gasteiger partial charge in [0.25, 0.3) is 0 Å². The molecule has 0 aliphatic rings. The third-order valence-corrected chi connectivity index (χ3v) is 1.22. The quantitative estimate of drug-likeness (QED) is 0.333. The van der Waals surface area contributed by atoms with Crippen molar-refractivity contribution in [3.8, 4) is 0 Å². The Morgan fingerprint density at radius 2 is 1.55 bits per heavy atom. The van der Waals surface area contributed by atoms with E-state index in [1.165, 1.54) is 0 Å². The van der Waals surface area contributed by atoms with Crippen LogP contribution in [0.4, 0.5) is 0 Å². The van der Waals surface area contributed by atoms with Crippen molar-refractivity contribution in [2.75, 3.05) is 13.2 Å². The van der Waals surface area contributed by atoms with Crippen LogP contribution in [0.2, 0.25) is 0 Å². The molecule has 0 bridgehead atoms. The van der Waals surface area contributed by atoms with E-state index in [0.29, 0.717) is 0 Å². The van der Waals surface area contributed by atoms with Gasteiger partial charge in [-0.3, -0.25) is 0 Å². The number of halogens is 1. The Hall–Kier alpha value is 0.0900. The van der Waals surface area contributed by atoms with E-state index in [1.54, 1.807) is 0 Å². The standard InChI is InChI=1S/C5H13NO4.ClH/c6-1-3(8)5(10)4(9)2-7;/h3-5,7-10H,1-2,6H2;1H. The van der Waals surface area contributed by atoms with Crippen molar-refractivity contribution in [1.82, 2.24) is 0 Å². The number of hydrogen-bond donors (Lipinski definition) is 5. The summed E-state index contributed by atoms with van der Waals surface area (Å²) in [6.45, 7) is -0.726. The summed E-state index contributed by atoms with van der Waals surface area (Å²) in [7, 11) is 0. The molecule has 11 heavy (non-hydrogen) atoms. The van der Waals surface area contributed by atoms with Gasteiger partial charge < -0.3 is 26.2 Å². The molecule has 3 atom stereocenters. The lowest BCUT2D eigenvalue weighted by molar-refractivity contribution is -0.0727. The predicted octanol–water partition coefficient (Wildman–Crippen LogP) is -2.56. The van der Waals surface area contributed by atoms with Crippen molar-refractivity contribution in [3.63, 3.8) is 0 Å². The molecular weight excluding hydrogens is 174 g/mol. The van der Waals surface area contributed by atoms with Gasteiger partial charge in [0.05, 0.1) is 12.7 Å². The van der Waals surface area contributed by atoms with E-state index in [-0.39, 0.29) is 19.0 Å². The smallest absolute Gasteiger partial charge is 0.109 e. The maximum Gasteiger partial charge on any atom is 0.109 e. The highest BCUT2D eigenvalue weighted by Crippen LogP contribution is 1.97. The number of hydrogen-bond acceptors (Lipinski definition) is 5. The molecule has 3 unspecified atom stereocenters. The van der Waals surface area contributed by atoms with Crippen LogP contribution in [0.5, 0.6) is 0 Å². The van der Waals surface area contributed by atoms with E-state index in [1.807, 2.05) is 0 Å². The molecule has 0 aliphatic heterocycles. The van der Waals surface area contributed by atoms with Crippen LogP contribution in [0.25, 0.3) is 0 Å². The molecule has 70 valence electrons. The fourth-order valence-electron chi connectivity index (χ4n) is 0.504. The second kappa shape index (κ2) is 6.78. The Kier molecular flexibility index (Phi) is 8.42. The Bertz CT molecular complexity index is 84.6. The molecule has 0 rings (SSSR count). The fourth-order valence-corrected chi connectivity index (χ4v) is 0.504. The third kappa shape index (κ3) is 4.52. The van der Waals surface area contributed by atoms with Gasteiger partial charge in [-0.2, -0.15) is 0 Å². The van der Waals surface area contributed by atoms with E-state index in [0.717, 1.165) is 0 Å². The summed E-state index contributed by atoms with van der Waals surface area (Å²) in [6, 6.07) is 0. The Balaban J connectivity index is 0. The van der Waals surface area contributed by atoms with Gasteiger partial charge in [0, 0.05) is 6.54 Å². The van der Waals surface area contributed by atoms with Gasteiger partial charge in [0.2, 0.25) is 0 Å². The largest absolute Gasteiger partial charge is 0.394 e. The number of aliphatic hydroxyl groups is 4. The molecule has 0 aromatic carbocycles. The Morgan fingerprint density at radius 3 is 1.82 bits per heavy atom. The maximum absolute atomic E-state index is 8.85. The van der Waals surface area contributed by atoms with E-state index in [9.17, 15) is 0 Å². The van der Waals surface area contributed by atoms with Gasteiger partial charge in [-0.1, -0.05) is 0 Å². The van der Waals surface area contributed by atoms with Crippen LogP contribution in [-0.4, -0.2) is 51.9 Å². The lowest BCUT2D eigenvalue weighted by Crippen LogP contribution is -2.43. The van der Waals surface area contributed by atoms with Gasteiger partial charge in [-0.15, -0.1) is 12.4 Å². The molecule has 0 spiro atoms. The van der Waals surface area contributed by atoms with Crippen molar-refractivity contribution in [1.29, 1.82) is 0 Å². The van der Waals surface area contributed by atoms with Crippen molar-refractivity contribution in [3.05, 3.63) is 0 Å². The van der Waals surface area contributed by atoms with Crippen molar-refractivity contribution < 1.29 is 20.4 Å². The molecule has 5 nitrogen and oxygen atoms in total. The zero-order valence-electron chi connectivity index (χ0n) is 5.92. The van der Waals surface area contributed by atoms with E-state index >= 15 is 0 Å². The second-order valence-corrected chi connectivity index (χ2v) is 2.04. The summed E-state index contributed by atoms with van der Waals surface area (Å²) in [6.07, 6.45) is -3.87. The van der Waals surface area contributed by atoms with Crippen LogP contribution in [-0.2, 0) is 0 Å². The van der Waals surface area contributed by atoms with Crippen LogP contribution in [0, 0.1) is 0 Å². The van der Waals surface area contributed by atoms with Crippen LogP contribution >= 0.6 is 12.4 Å². The first-order chi connectivity index (χ1) is 4.63. The number of aliphatic hydroxyl groups excluding tert-OH is 4. The maximum atomic E-state index is 8.85. The molecule has 0 heterocycles. The summed E-state index contributed by atoms with van der Waals surface area (Å²) < 4.78 is 0. The number of nitrogens with two attached hydrogens (primary N) is 1. The molecule has 6 heteroatoms. The summed E-state index contributed by atoms with van der Waals surface area (Å²) in [5.41, 5.74) is 4.96. The van der Waals surface area contributed by atoms with E-state index in [2.05, 4.69) is 0 Å². The molecular formula is C5H14ClNO4. The van der Waals surface area contributed by atoms with E-state index < -0.39 is 24.9 Å². The highest BCUT2D eigenvalue weighted by atomic mass is 35.5. The zero-order valence-corrected chi connectivity index (χ0v) is 6.74. The van der Waals surface area contributed by atoms with Gasteiger partial charge >= 0.3 is 0 Å². The zero-order chi connectivity index (χ0) is 8.15. The molecule has 0 radical (unpaired) electrons. The minimum absolute atomic E-state index is 0. The van der Waals surface area contributed by atoms with Crippen molar-refractivity contribution in [2.45, 2.75) is 18.3 Å². The highest BCUT2D eigenvalue weighted by Gasteiger charge is 2.22. The lowest BCUT2D eigenvalue weighted by atomic mass is 10.1. The van der Waals surface area contributed by atoms with Gasteiger partial charge in [-0.25, -0.2) is 0 Å². The van der Waals surface area contributed by atoms with Crippen molar-refractivity contribution in [2.24, 2.45) is 5.73 Å².